The van der Waals surface area contributed by atoms with Gasteiger partial charge in [-0.05, 0) is 30.5 Å². The summed E-state index contributed by atoms with van der Waals surface area (Å²) in [6.07, 6.45) is -8.52. The zero-order valence-electron chi connectivity index (χ0n) is 21.0. The van der Waals surface area contributed by atoms with Crippen LogP contribution in [0.1, 0.15) is 47.2 Å². The van der Waals surface area contributed by atoms with Crippen LogP contribution in [0.3, 0.4) is 0 Å². The Morgan fingerprint density at radius 2 is 2.05 bits per heavy atom. The number of thioether (sulfide) groups is 1. The highest BCUT2D eigenvalue weighted by molar-refractivity contribution is 7.99. The minimum atomic E-state index is -5.18. The van der Waals surface area contributed by atoms with Gasteiger partial charge in [0.25, 0.3) is 11.5 Å². The van der Waals surface area contributed by atoms with E-state index in [4.69, 9.17) is 4.74 Å². The zero-order chi connectivity index (χ0) is 28.9. The number of rotatable bonds is 3. The third-order valence-corrected chi connectivity index (χ3v) is 9.08. The quantitative estimate of drug-likeness (QED) is 0.250. The number of alkyl halides is 3. The number of carbonyl (C=O) groups is 2. The molecule has 0 saturated carbocycles. The standard InChI is InChI=1S/C26H21F4N3O6S/c1-3-25(38)12-4-16-19-10(6-33(16)23(36)11(12)7-39-24(25)37)17-15(32-22(35)21(34)26(28,29)30)8-40-20-9(2)13(27)5-14(31-19)18(17)20/h4-5,15,21,34,38H,3,6-8H2,1-2H3,(H,32,35)/t15-,21-,25-/m0/s1. The van der Waals surface area contributed by atoms with Crippen molar-refractivity contribution in [2.24, 2.45) is 0 Å². The van der Waals surface area contributed by atoms with Crippen molar-refractivity contribution < 1.29 is 42.1 Å². The first-order chi connectivity index (χ1) is 18.8. The number of halogens is 4. The molecule has 0 radical (unpaired) electrons. The average Bonchev–Trinajstić information content (AvgIpc) is 3.27. The number of nitrogens with one attached hydrogen (secondary N) is 1. The minimum Gasteiger partial charge on any atom is -0.458 e. The first-order valence-electron chi connectivity index (χ1n) is 12.3. The second-order valence-corrected chi connectivity index (χ2v) is 11.0. The number of pyridine rings is 2. The summed E-state index contributed by atoms with van der Waals surface area (Å²) in [5, 5.41) is 23.3. The normalized spacial score (nSPS) is 21.9. The summed E-state index contributed by atoms with van der Waals surface area (Å²) >= 11 is 1.13. The van der Waals surface area contributed by atoms with Gasteiger partial charge in [0.1, 0.15) is 12.4 Å². The van der Waals surface area contributed by atoms with E-state index in [1.54, 1.807) is 13.8 Å². The number of nitrogens with zero attached hydrogens (tertiary/aromatic N) is 2. The maximum Gasteiger partial charge on any atom is 0.423 e. The second-order valence-electron chi connectivity index (χ2n) is 9.98. The lowest BCUT2D eigenvalue weighted by atomic mass is 9.86. The van der Waals surface area contributed by atoms with Gasteiger partial charge in [-0.1, -0.05) is 6.92 Å². The van der Waals surface area contributed by atoms with Crippen LogP contribution in [-0.4, -0.2) is 49.7 Å². The van der Waals surface area contributed by atoms with Crippen LogP contribution in [0.4, 0.5) is 17.6 Å². The number of aliphatic hydroxyl groups is 2. The Hall–Kier alpha value is -3.49. The fourth-order valence-electron chi connectivity index (χ4n) is 5.64. The average molecular weight is 580 g/mol. The first-order valence-corrected chi connectivity index (χ1v) is 13.3. The number of hydrogen-bond donors (Lipinski definition) is 3. The molecule has 0 fully saturated rings. The van der Waals surface area contributed by atoms with Crippen molar-refractivity contribution in [3.05, 3.63) is 56.1 Å². The van der Waals surface area contributed by atoms with Gasteiger partial charge < -0.3 is 24.8 Å². The molecule has 1 amide bonds. The van der Waals surface area contributed by atoms with Crippen molar-refractivity contribution in [3.8, 4) is 11.4 Å². The largest absolute Gasteiger partial charge is 0.458 e. The lowest BCUT2D eigenvalue weighted by Crippen LogP contribution is -2.46. The van der Waals surface area contributed by atoms with E-state index in [2.05, 4.69) is 10.3 Å². The molecule has 3 aromatic rings. The summed E-state index contributed by atoms with van der Waals surface area (Å²) in [4.78, 5) is 43.5. The molecule has 3 aliphatic rings. The van der Waals surface area contributed by atoms with Gasteiger partial charge in [-0.25, -0.2) is 14.2 Å². The molecule has 3 N–H and O–H groups in total. The van der Waals surface area contributed by atoms with E-state index in [-0.39, 0.29) is 53.4 Å². The van der Waals surface area contributed by atoms with Crippen LogP contribution >= 0.6 is 11.8 Å². The minimum absolute atomic E-state index is 0.0266. The SMILES string of the molecule is CC[C@@]1(O)C(=O)OCc2c1cc1n(c2=O)Cc2c-1nc1cc(F)c(C)c3c1c2[C@@H](NC(=O)[C@H](O)C(F)(F)F)CS3. The molecular weight excluding hydrogens is 558 g/mol. The highest BCUT2D eigenvalue weighted by Gasteiger charge is 2.47. The molecule has 0 spiro atoms. The Morgan fingerprint density at radius 1 is 1.32 bits per heavy atom. The third kappa shape index (κ3) is 3.62. The van der Waals surface area contributed by atoms with Crippen LogP contribution in [0.15, 0.2) is 21.8 Å². The number of hydrogen-bond acceptors (Lipinski definition) is 8. The van der Waals surface area contributed by atoms with Crippen molar-refractivity contribution in [2.45, 2.75) is 62.2 Å². The number of aliphatic hydroxyl groups excluding tert-OH is 1. The monoisotopic (exact) mass is 579 g/mol. The fourth-order valence-corrected chi connectivity index (χ4v) is 6.89. The van der Waals surface area contributed by atoms with Crippen molar-refractivity contribution in [3.63, 3.8) is 0 Å². The van der Waals surface area contributed by atoms with Gasteiger partial charge in [0.05, 0.1) is 35.1 Å². The molecule has 40 heavy (non-hydrogen) atoms. The van der Waals surface area contributed by atoms with E-state index < -0.39 is 47.2 Å². The van der Waals surface area contributed by atoms with Crippen molar-refractivity contribution in [2.75, 3.05) is 5.75 Å². The third-order valence-electron chi connectivity index (χ3n) is 7.78. The molecule has 14 heteroatoms. The molecule has 3 atom stereocenters. The molecule has 3 aliphatic heterocycles. The number of carbonyl (C=O) groups excluding carboxylic acids is 2. The Kier molecular flexibility index (Phi) is 5.85. The first kappa shape index (κ1) is 26.7. The number of amides is 1. The number of esters is 1. The number of cyclic esters (lactones) is 1. The van der Waals surface area contributed by atoms with Crippen LogP contribution in [0.2, 0.25) is 0 Å². The van der Waals surface area contributed by atoms with Gasteiger partial charge in [-0.2, -0.15) is 13.2 Å². The maximum absolute atomic E-state index is 14.9. The number of aromatic nitrogens is 2. The van der Waals surface area contributed by atoms with E-state index >= 15 is 0 Å². The molecule has 9 nitrogen and oxygen atoms in total. The molecule has 0 aliphatic carbocycles. The summed E-state index contributed by atoms with van der Waals surface area (Å²) in [6.45, 7) is 2.67. The van der Waals surface area contributed by atoms with Crippen molar-refractivity contribution in [1.29, 1.82) is 0 Å². The van der Waals surface area contributed by atoms with Gasteiger partial charge in [-0.3, -0.25) is 9.59 Å². The lowest BCUT2D eigenvalue weighted by Gasteiger charge is -2.31. The molecule has 1 aromatic carbocycles. The molecule has 6 rings (SSSR count). The van der Waals surface area contributed by atoms with E-state index in [0.29, 0.717) is 27.0 Å². The van der Waals surface area contributed by atoms with Crippen LogP contribution in [0, 0.1) is 12.7 Å². The number of benzene rings is 1. The number of fused-ring (bicyclic) bond motifs is 5. The molecule has 0 bridgehead atoms. The summed E-state index contributed by atoms with van der Waals surface area (Å²) < 4.78 is 60.5. The summed E-state index contributed by atoms with van der Waals surface area (Å²) in [5.74, 6) is -3.09. The smallest absolute Gasteiger partial charge is 0.423 e. The topological polar surface area (TPSA) is 131 Å². The summed E-state index contributed by atoms with van der Waals surface area (Å²) in [5.41, 5.74) is -0.834. The van der Waals surface area contributed by atoms with Crippen LogP contribution in [0.5, 0.6) is 0 Å². The molecule has 210 valence electrons. The van der Waals surface area contributed by atoms with E-state index in [1.807, 2.05) is 0 Å². The van der Waals surface area contributed by atoms with Crippen molar-refractivity contribution in [1.82, 2.24) is 14.9 Å². The summed E-state index contributed by atoms with van der Waals surface area (Å²) in [6, 6.07) is 1.59. The predicted octanol–water partition coefficient (Wildman–Crippen LogP) is 2.71. The highest BCUT2D eigenvalue weighted by atomic mass is 32.2. The van der Waals surface area contributed by atoms with Gasteiger partial charge in [0.2, 0.25) is 6.10 Å². The fraction of sp³-hybridized carbons (Fsp3) is 0.385. The lowest BCUT2D eigenvalue weighted by molar-refractivity contribution is -0.205. The molecule has 0 saturated heterocycles. The Balaban J connectivity index is 1.60. The van der Waals surface area contributed by atoms with E-state index in [1.165, 1.54) is 16.7 Å². The molecular formula is C26H21F4N3O6S. The van der Waals surface area contributed by atoms with E-state index in [9.17, 15) is 42.2 Å². The molecule has 0 unspecified atom stereocenters. The molecule has 5 heterocycles. The summed E-state index contributed by atoms with van der Waals surface area (Å²) in [7, 11) is 0. The van der Waals surface area contributed by atoms with Gasteiger partial charge in [-0.15, -0.1) is 11.8 Å². The van der Waals surface area contributed by atoms with E-state index in [0.717, 1.165) is 11.8 Å². The van der Waals surface area contributed by atoms with Crippen LogP contribution in [-0.2, 0) is 33.1 Å². The van der Waals surface area contributed by atoms with Gasteiger partial charge in [0, 0.05) is 33.2 Å². The Labute approximate surface area is 227 Å². The van der Waals surface area contributed by atoms with Crippen molar-refractivity contribution >= 4 is 34.5 Å². The molecule has 2 aromatic heterocycles. The zero-order valence-corrected chi connectivity index (χ0v) is 21.8. The van der Waals surface area contributed by atoms with Gasteiger partial charge >= 0.3 is 12.1 Å². The second kappa shape index (κ2) is 8.75. The van der Waals surface area contributed by atoms with Crippen LogP contribution in [0.25, 0.3) is 22.3 Å². The predicted molar refractivity (Wildman–Crippen MR) is 133 cm³/mol. The van der Waals surface area contributed by atoms with Gasteiger partial charge in [0.15, 0.2) is 5.60 Å². The Morgan fingerprint density at radius 3 is 2.73 bits per heavy atom. The Bertz CT molecular complexity index is 1720. The number of ether oxygens (including phenoxy) is 1. The van der Waals surface area contributed by atoms with Crippen LogP contribution < -0.4 is 10.9 Å². The highest BCUT2D eigenvalue weighted by Crippen LogP contribution is 2.48. The maximum atomic E-state index is 14.9.